The number of methoxy groups -OCH3 is 1. The molecule has 0 saturated carbocycles. The van der Waals surface area contributed by atoms with Gasteiger partial charge in [-0.05, 0) is 65.7 Å². The summed E-state index contributed by atoms with van der Waals surface area (Å²) >= 11 is 0. The molecular weight excluding hydrogens is 490 g/mol. The zero-order valence-electron chi connectivity index (χ0n) is 25.9. The number of unbranched alkanes of at least 4 members (excludes halogenated alkanes) is 2. The third kappa shape index (κ3) is 8.78. The monoisotopic (exact) mass is 544 g/mol. The quantitative estimate of drug-likeness (QED) is 0.150. The van der Waals surface area contributed by atoms with Crippen molar-refractivity contribution in [2.45, 2.75) is 110 Å². The molecule has 2 nitrogen and oxygen atoms in total. The van der Waals surface area contributed by atoms with Gasteiger partial charge >= 0.3 is 0 Å². The summed E-state index contributed by atoms with van der Waals surface area (Å²) in [6, 6.07) is 11.8. The van der Waals surface area contributed by atoms with Crippen molar-refractivity contribution in [3.63, 3.8) is 0 Å². The molecule has 2 aromatic carbocycles. The summed E-state index contributed by atoms with van der Waals surface area (Å²) in [7, 11) is 2.40. The lowest BCUT2D eigenvalue weighted by Gasteiger charge is -2.37. The van der Waals surface area contributed by atoms with Crippen LogP contribution in [0, 0.1) is 6.92 Å². The molecule has 2 unspecified atom stereocenters. The van der Waals surface area contributed by atoms with Crippen LogP contribution in [0.4, 0.5) is 0 Å². The Labute approximate surface area is 232 Å². The molecule has 2 rings (SSSR count). The van der Waals surface area contributed by atoms with Gasteiger partial charge < -0.3 is 9.47 Å². The van der Waals surface area contributed by atoms with Crippen molar-refractivity contribution in [3.8, 4) is 5.75 Å². The van der Waals surface area contributed by atoms with Crippen molar-refractivity contribution in [1.82, 2.24) is 0 Å². The van der Waals surface area contributed by atoms with Gasteiger partial charge in [0, 0.05) is 23.4 Å². The summed E-state index contributed by atoms with van der Waals surface area (Å²) in [5.74, 6) is 1.04. The van der Waals surface area contributed by atoms with Gasteiger partial charge in [-0.25, -0.2) is 0 Å². The molecule has 0 N–H and O–H groups in total. The molecule has 0 radical (unpaired) electrons. The van der Waals surface area contributed by atoms with Gasteiger partial charge in [0.1, 0.15) is 5.75 Å². The van der Waals surface area contributed by atoms with Crippen molar-refractivity contribution < 1.29 is 9.47 Å². The molecule has 0 fully saturated rings. The summed E-state index contributed by atoms with van der Waals surface area (Å²) in [6.45, 7) is 26.1. The van der Waals surface area contributed by atoms with E-state index < -0.39 is 0 Å². The van der Waals surface area contributed by atoms with Crippen molar-refractivity contribution in [2.24, 2.45) is 0 Å². The normalized spacial score (nSPS) is 14.5. The largest absolute Gasteiger partial charge is 0.467 e. The highest BCUT2D eigenvalue weighted by atomic mass is 31.1. The van der Waals surface area contributed by atoms with Crippen molar-refractivity contribution in [2.75, 3.05) is 27.2 Å². The maximum absolute atomic E-state index is 6.51. The molecule has 0 aromatic heterocycles. The molecule has 4 heteroatoms. The first kappa shape index (κ1) is 32.3. The Morgan fingerprint density at radius 3 is 2.08 bits per heavy atom. The average molecular weight is 545 g/mol. The number of aryl methyl sites for hydroxylation is 1. The molecule has 0 aliphatic carbocycles. The predicted molar refractivity (Wildman–Crippen MR) is 169 cm³/mol. The van der Waals surface area contributed by atoms with E-state index in [1.807, 2.05) is 0 Å². The molecule has 0 heterocycles. The highest BCUT2D eigenvalue weighted by Gasteiger charge is 2.36. The molecule has 0 saturated heterocycles. The number of benzene rings is 2. The Balaban J connectivity index is 2.87. The molecule has 0 amide bonds. The Morgan fingerprint density at radius 2 is 1.54 bits per heavy atom. The minimum absolute atomic E-state index is 0.00703. The third-order valence-corrected chi connectivity index (χ3v) is 10.2. The van der Waals surface area contributed by atoms with E-state index in [1.165, 1.54) is 47.7 Å². The van der Waals surface area contributed by atoms with Crippen molar-refractivity contribution in [3.05, 3.63) is 58.1 Å². The number of hydrogen-bond donors (Lipinski definition) is 0. The number of hydrogen-bond acceptors (Lipinski definition) is 2. The Hall–Kier alpha value is -0.940. The summed E-state index contributed by atoms with van der Waals surface area (Å²) in [5.41, 5.74) is 7.01. The maximum Gasteiger partial charge on any atom is 0.188 e. The Morgan fingerprint density at radius 1 is 0.892 bits per heavy atom. The number of ether oxygens (including phenoxy) is 2. The van der Waals surface area contributed by atoms with Gasteiger partial charge in [-0.1, -0.05) is 114 Å². The van der Waals surface area contributed by atoms with Crippen LogP contribution in [0.3, 0.4) is 0 Å². The SMILES string of the molecule is CCCCCC(C)(Pc1c(C)cccc1CP(C)C)c1cc(C(C)(C)C)cc(C(C)(C)C)c1OCOC. The molecule has 2 atom stereocenters. The molecule has 37 heavy (non-hydrogen) atoms. The zero-order chi connectivity index (χ0) is 28.0. The molecule has 0 bridgehead atoms. The van der Waals surface area contributed by atoms with Gasteiger partial charge in [0.05, 0.1) is 0 Å². The first-order valence-corrected chi connectivity index (χ1v) is 17.4. The smallest absolute Gasteiger partial charge is 0.188 e. The van der Waals surface area contributed by atoms with Gasteiger partial charge in [0.25, 0.3) is 0 Å². The van der Waals surface area contributed by atoms with Gasteiger partial charge in [0.2, 0.25) is 0 Å². The molecule has 208 valence electrons. The van der Waals surface area contributed by atoms with Crippen LogP contribution in [0.2, 0.25) is 0 Å². The van der Waals surface area contributed by atoms with Crippen LogP contribution >= 0.6 is 16.5 Å². The lowest BCUT2D eigenvalue weighted by molar-refractivity contribution is 0.0486. The van der Waals surface area contributed by atoms with Gasteiger partial charge in [-0.3, -0.25) is 0 Å². The topological polar surface area (TPSA) is 18.5 Å². The fourth-order valence-corrected chi connectivity index (χ4v) is 7.83. The van der Waals surface area contributed by atoms with Crippen molar-refractivity contribution >= 4 is 21.8 Å². The maximum atomic E-state index is 6.51. The second-order valence-electron chi connectivity index (χ2n) is 13.2. The van der Waals surface area contributed by atoms with Crippen LogP contribution in [-0.4, -0.2) is 27.2 Å². The summed E-state index contributed by atoms with van der Waals surface area (Å²) in [4.78, 5) is 0. The molecule has 0 aliphatic rings. The standard InChI is InChI=1S/C33H54O2P2/c1-13-14-15-19-33(9,36-30-24(2)17-16-18-25(30)22-37(11)12)28-21-26(31(3,4)5)20-27(32(6,7)8)29(28)35-23-34-10/h16-18,20-21,36H,13-15,19,22-23H2,1-12H3. The molecule has 2 aromatic rings. The van der Waals surface area contributed by atoms with E-state index in [-0.39, 0.29) is 30.7 Å². The van der Waals surface area contributed by atoms with Gasteiger partial charge in [0.15, 0.2) is 6.79 Å². The summed E-state index contributed by atoms with van der Waals surface area (Å²) < 4.78 is 12.0. The minimum atomic E-state index is -0.0411. The second kappa shape index (κ2) is 13.4. The lowest BCUT2D eigenvalue weighted by atomic mass is 9.76. The zero-order valence-corrected chi connectivity index (χ0v) is 27.8. The molecule has 0 spiro atoms. The van der Waals surface area contributed by atoms with E-state index >= 15 is 0 Å². The van der Waals surface area contributed by atoms with E-state index in [4.69, 9.17) is 9.47 Å². The van der Waals surface area contributed by atoms with Gasteiger partial charge in [-0.2, -0.15) is 0 Å². The fourth-order valence-electron chi connectivity index (χ4n) is 4.95. The van der Waals surface area contributed by atoms with Crippen LogP contribution in [-0.2, 0) is 26.9 Å². The third-order valence-electron chi connectivity index (χ3n) is 7.21. The van der Waals surface area contributed by atoms with Crippen LogP contribution < -0.4 is 10.0 Å². The van der Waals surface area contributed by atoms with Crippen LogP contribution in [0.25, 0.3) is 0 Å². The highest BCUT2D eigenvalue weighted by molar-refractivity contribution is 7.55. The summed E-state index contributed by atoms with van der Waals surface area (Å²) in [5, 5.41) is 1.54. The Bertz CT molecular complexity index is 1010. The van der Waals surface area contributed by atoms with Gasteiger partial charge in [-0.15, -0.1) is 7.92 Å². The van der Waals surface area contributed by atoms with Crippen LogP contribution in [0.15, 0.2) is 30.3 Å². The van der Waals surface area contributed by atoms with Crippen LogP contribution in [0.1, 0.15) is 109 Å². The number of rotatable bonds is 12. The van der Waals surface area contributed by atoms with Crippen LogP contribution in [0.5, 0.6) is 5.75 Å². The Kier molecular flexibility index (Phi) is 11.7. The average Bonchev–Trinajstić information content (AvgIpc) is 2.78. The molecular formula is C33H54O2P2. The highest BCUT2D eigenvalue weighted by Crippen LogP contribution is 2.53. The van der Waals surface area contributed by atoms with Crippen molar-refractivity contribution in [1.29, 1.82) is 0 Å². The van der Waals surface area contributed by atoms with E-state index in [0.717, 1.165) is 12.2 Å². The molecule has 0 aliphatic heterocycles. The second-order valence-corrected chi connectivity index (χ2v) is 17.5. The fraction of sp³-hybridized carbons (Fsp3) is 0.636. The first-order chi connectivity index (χ1) is 17.1. The van der Waals surface area contributed by atoms with E-state index in [1.54, 1.807) is 18.0 Å². The predicted octanol–water partition coefficient (Wildman–Crippen LogP) is 9.61. The summed E-state index contributed by atoms with van der Waals surface area (Å²) in [6.07, 6.45) is 6.05. The lowest BCUT2D eigenvalue weighted by Crippen LogP contribution is -2.27. The minimum Gasteiger partial charge on any atom is -0.467 e. The first-order valence-electron chi connectivity index (χ1n) is 14.0. The van der Waals surface area contributed by atoms with E-state index in [2.05, 4.69) is 106 Å². The van der Waals surface area contributed by atoms with E-state index in [0.29, 0.717) is 8.58 Å². The van der Waals surface area contributed by atoms with E-state index in [9.17, 15) is 0 Å².